The summed E-state index contributed by atoms with van der Waals surface area (Å²) in [6, 6.07) is 19.3. The SMILES string of the molecule is N#Cc1c(N)oc(-c2ccccc2)c1Cc1cccc(Cl)c1. The molecule has 22 heavy (non-hydrogen) atoms. The minimum atomic E-state index is 0.151. The fraction of sp³-hybridized carbons (Fsp3) is 0.0556. The van der Waals surface area contributed by atoms with Gasteiger partial charge in [0, 0.05) is 22.6 Å². The van der Waals surface area contributed by atoms with Crippen molar-refractivity contribution in [2.24, 2.45) is 0 Å². The van der Waals surface area contributed by atoms with E-state index in [0.717, 1.165) is 16.7 Å². The second-order valence-electron chi connectivity index (χ2n) is 4.93. The monoisotopic (exact) mass is 308 g/mol. The number of anilines is 1. The molecule has 3 aromatic rings. The van der Waals surface area contributed by atoms with Crippen LogP contribution in [0.2, 0.25) is 5.02 Å². The summed E-state index contributed by atoms with van der Waals surface area (Å²) >= 11 is 6.03. The van der Waals surface area contributed by atoms with Gasteiger partial charge in [0.15, 0.2) is 0 Å². The number of nitrogens with two attached hydrogens (primary N) is 1. The van der Waals surface area contributed by atoms with E-state index in [-0.39, 0.29) is 5.88 Å². The van der Waals surface area contributed by atoms with Crippen LogP contribution in [0.1, 0.15) is 16.7 Å². The van der Waals surface area contributed by atoms with Crippen molar-refractivity contribution < 1.29 is 4.42 Å². The summed E-state index contributed by atoms with van der Waals surface area (Å²) in [5.74, 6) is 0.785. The maximum atomic E-state index is 9.38. The van der Waals surface area contributed by atoms with Crippen LogP contribution < -0.4 is 5.73 Å². The molecule has 0 unspecified atom stereocenters. The Labute approximate surface area is 133 Å². The molecular formula is C18H13ClN2O. The lowest BCUT2D eigenvalue weighted by Gasteiger charge is -2.04. The average Bonchev–Trinajstić information content (AvgIpc) is 2.84. The molecule has 108 valence electrons. The Morgan fingerprint density at radius 3 is 2.55 bits per heavy atom. The Morgan fingerprint density at radius 2 is 1.86 bits per heavy atom. The molecule has 3 nitrogen and oxygen atoms in total. The zero-order chi connectivity index (χ0) is 15.5. The quantitative estimate of drug-likeness (QED) is 0.766. The zero-order valence-electron chi connectivity index (χ0n) is 11.7. The Kier molecular flexibility index (Phi) is 3.86. The molecule has 0 aliphatic rings. The van der Waals surface area contributed by atoms with Crippen LogP contribution in [0.15, 0.2) is 59.0 Å². The van der Waals surface area contributed by atoms with E-state index in [4.69, 9.17) is 21.8 Å². The highest BCUT2D eigenvalue weighted by Gasteiger charge is 2.20. The molecule has 2 N–H and O–H groups in total. The number of nitriles is 1. The maximum absolute atomic E-state index is 9.38. The molecule has 0 fully saturated rings. The third kappa shape index (κ3) is 2.69. The molecule has 1 heterocycles. The largest absolute Gasteiger partial charge is 0.439 e. The number of rotatable bonds is 3. The van der Waals surface area contributed by atoms with Gasteiger partial charge in [0.05, 0.1) is 0 Å². The molecule has 4 heteroatoms. The number of hydrogen-bond donors (Lipinski definition) is 1. The van der Waals surface area contributed by atoms with Crippen LogP contribution in [-0.2, 0) is 6.42 Å². The number of nitrogen functional groups attached to an aromatic ring is 1. The molecule has 0 saturated carbocycles. The maximum Gasteiger partial charge on any atom is 0.209 e. The topological polar surface area (TPSA) is 63.0 Å². The van der Waals surface area contributed by atoms with Gasteiger partial charge in [0.2, 0.25) is 5.88 Å². The summed E-state index contributed by atoms with van der Waals surface area (Å²) < 4.78 is 5.65. The molecule has 1 aromatic heterocycles. The molecule has 0 spiro atoms. The van der Waals surface area contributed by atoms with Gasteiger partial charge in [-0.05, 0) is 17.7 Å². The fourth-order valence-corrected chi connectivity index (χ4v) is 2.66. The Hall–Kier alpha value is -2.70. The number of nitrogens with zero attached hydrogens (tertiary/aromatic N) is 1. The predicted molar refractivity (Wildman–Crippen MR) is 87.5 cm³/mol. The van der Waals surface area contributed by atoms with Crippen molar-refractivity contribution in [3.8, 4) is 17.4 Å². The summed E-state index contributed by atoms with van der Waals surface area (Å²) in [6.07, 6.45) is 0.536. The van der Waals surface area contributed by atoms with Crippen LogP contribution in [0, 0.1) is 11.3 Å². The van der Waals surface area contributed by atoms with Gasteiger partial charge in [-0.25, -0.2) is 0 Å². The zero-order valence-corrected chi connectivity index (χ0v) is 12.5. The Bertz CT molecular complexity index is 847. The number of halogens is 1. The molecule has 0 bridgehead atoms. The van der Waals surface area contributed by atoms with Crippen molar-refractivity contribution in [3.05, 3.63) is 76.3 Å². The van der Waals surface area contributed by atoms with Gasteiger partial charge in [0.1, 0.15) is 17.4 Å². The molecule has 0 saturated heterocycles. The first-order chi connectivity index (χ1) is 10.7. The van der Waals surface area contributed by atoms with Gasteiger partial charge in [0.25, 0.3) is 0 Å². The lowest BCUT2D eigenvalue weighted by atomic mass is 9.98. The average molecular weight is 309 g/mol. The molecule has 0 atom stereocenters. The van der Waals surface area contributed by atoms with E-state index >= 15 is 0 Å². The van der Waals surface area contributed by atoms with Crippen molar-refractivity contribution >= 4 is 17.5 Å². The minimum absolute atomic E-state index is 0.151. The Balaban J connectivity index is 2.11. The van der Waals surface area contributed by atoms with E-state index < -0.39 is 0 Å². The van der Waals surface area contributed by atoms with Crippen LogP contribution in [-0.4, -0.2) is 0 Å². The molecular weight excluding hydrogens is 296 g/mol. The van der Waals surface area contributed by atoms with Gasteiger partial charge in [-0.3, -0.25) is 0 Å². The van der Waals surface area contributed by atoms with E-state index in [9.17, 15) is 5.26 Å². The molecule has 3 rings (SSSR count). The van der Waals surface area contributed by atoms with Crippen LogP contribution in [0.3, 0.4) is 0 Å². The van der Waals surface area contributed by atoms with E-state index in [0.29, 0.717) is 22.8 Å². The summed E-state index contributed by atoms with van der Waals surface area (Å²) in [6.45, 7) is 0. The van der Waals surface area contributed by atoms with Crippen molar-refractivity contribution in [1.29, 1.82) is 5.26 Å². The lowest BCUT2D eigenvalue weighted by molar-refractivity contribution is 0.599. The van der Waals surface area contributed by atoms with Gasteiger partial charge in [-0.1, -0.05) is 54.1 Å². The highest BCUT2D eigenvalue weighted by molar-refractivity contribution is 6.30. The van der Waals surface area contributed by atoms with Gasteiger partial charge in [-0.15, -0.1) is 0 Å². The number of hydrogen-bond acceptors (Lipinski definition) is 3. The summed E-state index contributed by atoms with van der Waals surface area (Å²) in [5.41, 5.74) is 8.93. The normalized spacial score (nSPS) is 10.4. The van der Waals surface area contributed by atoms with E-state index in [1.807, 2.05) is 54.6 Å². The van der Waals surface area contributed by atoms with E-state index in [1.165, 1.54) is 0 Å². The molecule has 0 radical (unpaired) electrons. The van der Waals surface area contributed by atoms with Crippen LogP contribution in [0.5, 0.6) is 0 Å². The van der Waals surface area contributed by atoms with Crippen LogP contribution >= 0.6 is 11.6 Å². The molecule has 0 amide bonds. The minimum Gasteiger partial charge on any atom is -0.439 e. The third-order valence-corrected chi connectivity index (χ3v) is 3.69. The summed E-state index contributed by atoms with van der Waals surface area (Å²) in [4.78, 5) is 0. The van der Waals surface area contributed by atoms with Crippen LogP contribution in [0.4, 0.5) is 5.88 Å². The lowest BCUT2D eigenvalue weighted by Crippen LogP contribution is -1.93. The molecule has 0 aliphatic heterocycles. The van der Waals surface area contributed by atoms with Crippen molar-refractivity contribution in [2.75, 3.05) is 5.73 Å². The first-order valence-corrected chi connectivity index (χ1v) is 7.18. The van der Waals surface area contributed by atoms with Gasteiger partial charge >= 0.3 is 0 Å². The van der Waals surface area contributed by atoms with E-state index in [1.54, 1.807) is 0 Å². The van der Waals surface area contributed by atoms with Crippen molar-refractivity contribution in [1.82, 2.24) is 0 Å². The van der Waals surface area contributed by atoms with Gasteiger partial charge < -0.3 is 10.2 Å². The van der Waals surface area contributed by atoms with Crippen molar-refractivity contribution in [3.63, 3.8) is 0 Å². The van der Waals surface area contributed by atoms with Crippen molar-refractivity contribution in [2.45, 2.75) is 6.42 Å². The number of benzene rings is 2. The molecule has 2 aromatic carbocycles. The summed E-state index contributed by atoms with van der Waals surface area (Å²) in [7, 11) is 0. The fourth-order valence-electron chi connectivity index (χ4n) is 2.45. The smallest absolute Gasteiger partial charge is 0.209 e. The highest BCUT2D eigenvalue weighted by Crippen LogP contribution is 2.34. The summed E-state index contributed by atoms with van der Waals surface area (Å²) in [5, 5.41) is 10.0. The first kappa shape index (κ1) is 14.2. The van der Waals surface area contributed by atoms with Gasteiger partial charge in [-0.2, -0.15) is 5.26 Å². The van der Waals surface area contributed by atoms with Crippen LogP contribution in [0.25, 0.3) is 11.3 Å². The highest BCUT2D eigenvalue weighted by atomic mass is 35.5. The second-order valence-corrected chi connectivity index (χ2v) is 5.37. The van der Waals surface area contributed by atoms with E-state index in [2.05, 4.69) is 6.07 Å². The Morgan fingerprint density at radius 1 is 1.09 bits per heavy atom. The third-order valence-electron chi connectivity index (χ3n) is 3.45. The predicted octanol–water partition coefficient (Wildman–Crippen LogP) is 4.64. The molecule has 0 aliphatic carbocycles. The first-order valence-electron chi connectivity index (χ1n) is 6.80. The number of furan rings is 1. The standard InChI is InChI=1S/C18H13ClN2O/c19-14-8-4-5-12(9-14)10-15-16(11-20)18(21)22-17(15)13-6-2-1-3-7-13/h1-9H,10,21H2. The second kappa shape index (κ2) is 5.97.